The van der Waals surface area contributed by atoms with Crippen LogP contribution in [-0.4, -0.2) is 48.5 Å². The SMILES string of the molecule is CCNC(=O)C(C)(C)CNC(=NC)N(C)Cc1cccn1C. The van der Waals surface area contributed by atoms with Crippen molar-refractivity contribution in [3.63, 3.8) is 0 Å². The molecule has 0 saturated carbocycles. The molecule has 22 heavy (non-hydrogen) atoms. The molecule has 0 atom stereocenters. The molecule has 0 aliphatic heterocycles. The van der Waals surface area contributed by atoms with Crippen molar-refractivity contribution in [2.75, 3.05) is 27.2 Å². The molecule has 0 fully saturated rings. The lowest BCUT2D eigenvalue weighted by Gasteiger charge is -2.28. The number of nitrogens with zero attached hydrogens (tertiary/aromatic N) is 3. The standard InChI is InChI=1S/C16H29N5O/c1-7-18-14(22)16(2,3)12-19-15(17-4)21(6)11-13-9-8-10-20(13)5/h8-10H,7,11-12H2,1-6H3,(H,17,19)(H,18,22). The van der Waals surface area contributed by atoms with Crippen LogP contribution in [0.1, 0.15) is 26.5 Å². The Morgan fingerprint density at radius 1 is 1.41 bits per heavy atom. The third kappa shape index (κ3) is 4.79. The molecule has 0 aliphatic carbocycles. The van der Waals surface area contributed by atoms with Crippen LogP contribution < -0.4 is 10.6 Å². The number of amides is 1. The third-order valence-electron chi connectivity index (χ3n) is 3.66. The molecule has 6 nitrogen and oxygen atoms in total. The fourth-order valence-electron chi connectivity index (χ4n) is 2.14. The second-order valence-electron chi connectivity index (χ2n) is 6.11. The minimum atomic E-state index is -0.488. The number of aryl methyl sites for hydroxylation is 1. The molecule has 1 amide bonds. The molecule has 6 heteroatoms. The van der Waals surface area contributed by atoms with Crippen molar-refractivity contribution in [3.05, 3.63) is 24.0 Å². The van der Waals surface area contributed by atoms with Gasteiger partial charge in [-0.15, -0.1) is 0 Å². The van der Waals surface area contributed by atoms with Gasteiger partial charge in [0.05, 0.1) is 12.0 Å². The Hall–Kier alpha value is -1.98. The molecule has 0 radical (unpaired) electrons. The van der Waals surface area contributed by atoms with Crippen LogP contribution in [0.2, 0.25) is 0 Å². The number of rotatable bonds is 6. The summed E-state index contributed by atoms with van der Waals surface area (Å²) < 4.78 is 2.09. The molecule has 0 bridgehead atoms. The van der Waals surface area contributed by atoms with Crippen LogP contribution in [-0.2, 0) is 18.4 Å². The van der Waals surface area contributed by atoms with Crippen LogP contribution in [0.5, 0.6) is 0 Å². The van der Waals surface area contributed by atoms with E-state index in [1.807, 2.05) is 52.0 Å². The first-order chi connectivity index (χ1) is 10.3. The lowest BCUT2D eigenvalue weighted by molar-refractivity contribution is -0.128. The van der Waals surface area contributed by atoms with Gasteiger partial charge in [0.25, 0.3) is 0 Å². The van der Waals surface area contributed by atoms with E-state index < -0.39 is 5.41 Å². The molecular formula is C16H29N5O. The molecular weight excluding hydrogens is 278 g/mol. The zero-order chi connectivity index (χ0) is 16.8. The van der Waals surface area contributed by atoms with Gasteiger partial charge in [-0.1, -0.05) is 0 Å². The Labute approximate surface area is 133 Å². The maximum absolute atomic E-state index is 12.0. The summed E-state index contributed by atoms with van der Waals surface area (Å²) in [6.45, 7) is 7.71. The lowest BCUT2D eigenvalue weighted by atomic mass is 9.92. The highest BCUT2D eigenvalue weighted by Gasteiger charge is 2.27. The van der Waals surface area contributed by atoms with Crippen LogP contribution in [0.4, 0.5) is 0 Å². The van der Waals surface area contributed by atoms with Gasteiger partial charge in [0, 0.05) is 46.1 Å². The van der Waals surface area contributed by atoms with Gasteiger partial charge in [0.1, 0.15) is 0 Å². The molecule has 1 rings (SSSR count). The maximum Gasteiger partial charge on any atom is 0.227 e. The van der Waals surface area contributed by atoms with Crippen LogP contribution >= 0.6 is 0 Å². The van der Waals surface area contributed by atoms with Gasteiger partial charge in [-0.3, -0.25) is 9.79 Å². The van der Waals surface area contributed by atoms with Crippen molar-refractivity contribution in [2.24, 2.45) is 17.5 Å². The number of aliphatic imine (C=N–C) groups is 1. The summed E-state index contributed by atoms with van der Waals surface area (Å²) in [4.78, 5) is 18.4. The van der Waals surface area contributed by atoms with E-state index in [1.165, 1.54) is 5.69 Å². The molecule has 2 N–H and O–H groups in total. The van der Waals surface area contributed by atoms with E-state index in [4.69, 9.17) is 0 Å². The predicted molar refractivity (Wildman–Crippen MR) is 90.7 cm³/mol. The minimum Gasteiger partial charge on any atom is -0.356 e. The van der Waals surface area contributed by atoms with E-state index >= 15 is 0 Å². The summed E-state index contributed by atoms with van der Waals surface area (Å²) in [5.74, 6) is 0.821. The van der Waals surface area contributed by atoms with E-state index in [9.17, 15) is 4.79 Å². The van der Waals surface area contributed by atoms with Crippen molar-refractivity contribution in [1.29, 1.82) is 0 Å². The van der Waals surface area contributed by atoms with E-state index in [0.717, 1.165) is 12.5 Å². The summed E-state index contributed by atoms with van der Waals surface area (Å²) in [5.41, 5.74) is 0.714. The largest absolute Gasteiger partial charge is 0.356 e. The van der Waals surface area contributed by atoms with E-state index in [-0.39, 0.29) is 5.91 Å². The van der Waals surface area contributed by atoms with Gasteiger partial charge < -0.3 is 20.1 Å². The monoisotopic (exact) mass is 307 g/mol. The fourth-order valence-corrected chi connectivity index (χ4v) is 2.14. The third-order valence-corrected chi connectivity index (χ3v) is 3.66. The highest BCUT2D eigenvalue weighted by molar-refractivity contribution is 5.84. The minimum absolute atomic E-state index is 0.0445. The number of guanidine groups is 1. The highest BCUT2D eigenvalue weighted by Crippen LogP contribution is 2.13. The van der Waals surface area contributed by atoms with Gasteiger partial charge >= 0.3 is 0 Å². The van der Waals surface area contributed by atoms with Gasteiger partial charge in [-0.25, -0.2) is 0 Å². The highest BCUT2D eigenvalue weighted by atomic mass is 16.2. The van der Waals surface area contributed by atoms with Gasteiger partial charge in [0.15, 0.2) is 5.96 Å². The van der Waals surface area contributed by atoms with Crippen molar-refractivity contribution < 1.29 is 4.79 Å². The number of nitrogens with one attached hydrogen (secondary N) is 2. The quantitative estimate of drug-likeness (QED) is 0.613. The zero-order valence-corrected chi connectivity index (χ0v) is 14.6. The maximum atomic E-state index is 12.0. The fraction of sp³-hybridized carbons (Fsp3) is 0.625. The summed E-state index contributed by atoms with van der Waals surface area (Å²) in [7, 11) is 5.77. The van der Waals surface area contributed by atoms with E-state index in [0.29, 0.717) is 13.1 Å². The van der Waals surface area contributed by atoms with Crippen molar-refractivity contribution in [2.45, 2.75) is 27.3 Å². The predicted octanol–water partition coefficient (Wildman–Crippen LogP) is 1.19. The van der Waals surface area contributed by atoms with Crippen molar-refractivity contribution >= 4 is 11.9 Å². The number of aromatic nitrogens is 1. The lowest BCUT2D eigenvalue weighted by Crippen LogP contribution is -2.48. The molecule has 0 aromatic carbocycles. The van der Waals surface area contributed by atoms with Crippen LogP contribution in [0.25, 0.3) is 0 Å². The first kappa shape index (κ1) is 18.1. The Bertz CT molecular complexity index is 518. The number of hydrogen-bond acceptors (Lipinski definition) is 2. The molecule has 1 heterocycles. The molecule has 1 aromatic rings. The number of carbonyl (C=O) groups excluding carboxylic acids is 1. The van der Waals surface area contributed by atoms with E-state index in [1.54, 1.807) is 7.05 Å². The summed E-state index contributed by atoms with van der Waals surface area (Å²) in [6.07, 6.45) is 2.03. The summed E-state index contributed by atoms with van der Waals surface area (Å²) in [5, 5.41) is 6.15. The average Bonchev–Trinajstić information content (AvgIpc) is 2.85. The van der Waals surface area contributed by atoms with Crippen LogP contribution in [0, 0.1) is 5.41 Å². The second-order valence-corrected chi connectivity index (χ2v) is 6.11. The number of carbonyl (C=O) groups is 1. The second kappa shape index (κ2) is 7.87. The summed E-state index contributed by atoms with van der Waals surface area (Å²) in [6, 6.07) is 4.11. The van der Waals surface area contributed by atoms with Crippen molar-refractivity contribution in [1.82, 2.24) is 20.1 Å². The molecule has 0 saturated heterocycles. The first-order valence-corrected chi connectivity index (χ1v) is 7.62. The molecule has 0 spiro atoms. The Morgan fingerprint density at radius 3 is 2.59 bits per heavy atom. The normalized spacial score (nSPS) is 12.2. The Morgan fingerprint density at radius 2 is 2.09 bits per heavy atom. The number of hydrogen-bond donors (Lipinski definition) is 2. The molecule has 0 unspecified atom stereocenters. The van der Waals surface area contributed by atoms with E-state index in [2.05, 4.69) is 26.3 Å². The van der Waals surface area contributed by atoms with Crippen molar-refractivity contribution in [3.8, 4) is 0 Å². The van der Waals surface area contributed by atoms with Crippen LogP contribution in [0.15, 0.2) is 23.3 Å². The summed E-state index contributed by atoms with van der Waals surface area (Å²) >= 11 is 0. The molecule has 124 valence electrons. The smallest absolute Gasteiger partial charge is 0.227 e. The Kier molecular flexibility index (Phi) is 6.46. The molecule has 0 aliphatic rings. The average molecular weight is 307 g/mol. The van der Waals surface area contributed by atoms with Gasteiger partial charge in [-0.2, -0.15) is 0 Å². The van der Waals surface area contributed by atoms with Crippen LogP contribution in [0.3, 0.4) is 0 Å². The van der Waals surface area contributed by atoms with Gasteiger partial charge in [0.2, 0.25) is 5.91 Å². The van der Waals surface area contributed by atoms with Gasteiger partial charge in [-0.05, 0) is 32.9 Å². The zero-order valence-electron chi connectivity index (χ0n) is 14.6. The molecule has 1 aromatic heterocycles. The Balaban J connectivity index is 2.62. The first-order valence-electron chi connectivity index (χ1n) is 7.62. The topological polar surface area (TPSA) is 61.7 Å².